The lowest BCUT2D eigenvalue weighted by molar-refractivity contribution is -0.216. The van der Waals surface area contributed by atoms with Gasteiger partial charge in [-0.05, 0) is 11.8 Å². The average Bonchev–Trinajstić information content (AvgIpc) is 2.55. The highest BCUT2D eigenvalue weighted by molar-refractivity contribution is 5.93. The molecule has 1 aliphatic heterocycles. The number of ether oxygens (including phenoxy) is 2. The Morgan fingerprint density at radius 2 is 2.36 bits per heavy atom. The smallest absolute Gasteiger partial charge is 0.236 e. The Labute approximate surface area is 83.1 Å². The Morgan fingerprint density at radius 3 is 3.07 bits per heavy atom. The van der Waals surface area contributed by atoms with Gasteiger partial charge in [-0.2, -0.15) is 0 Å². The molecule has 4 rings (SSSR count). The van der Waals surface area contributed by atoms with E-state index in [0.717, 1.165) is 0 Å². The van der Waals surface area contributed by atoms with Gasteiger partial charge in [-0.3, -0.25) is 4.79 Å². The third-order valence-corrected chi connectivity index (χ3v) is 4.11. The van der Waals surface area contributed by atoms with E-state index in [-0.39, 0.29) is 17.6 Å². The van der Waals surface area contributed by atoms with E-state index in [1.54, 1.807) is 7.11 Å². The van der Waals surface area contributed by atoms with Gasteiger partial charge in [0.05, 0.1) is 6.61 Å². The van der Waals surface area contributed by atoms with Crippen LogP contribution in [0.2, 0.25) is 0 Å². The second-order valence-corrected chi connectivity index (χ2v) is 4.51. The van der Waals surface area contributed by atoms with Crippen molar-refractivity contribution in [1.82, 2.24) is 0 Å². The van der Waals surface area contributed by atoms with Crippen molar-refractivity contribution in [3.63, 3.8) is 0 Å². The number of carbonyl (C=O) groups excluding carboxylic acids is 1. The Morgan fingerprint density at radius 1 is 1.57 bits per heavy atom. The molecule has 0 radical (unpaired) electrons. The Balaban J connectivity index is 2.14. The number of allylic oxidation sites excluding steroid dienone is 1. The van der Waals surface area contributed by atoms with Gasteiger partial charge >= 0.3 is 0 Å². The molecule has 3 aliphatic carbocycles. The topological polar surface area (TPSA) is 35.5 Å². The first kappa shape index (κ1) is 8.62. The molecule has 1 saturated carbocycles. The van der Waals surface area contributed by atoms with E-state index >= 15 is 0 Å². The molecule has 4 bridgehead atoms. The lowest BCUT2D eigenvalue weighted by Gasteiger charge is -2.44. The maximum absolute atomic E-state index is 12.1. The van der Waals surface area contributed by atoms with Gasteiger partial charge in [0.15, 0.2) is 5.78 Å². The maximum Gasteiger partial charge on any atom is 0.236 e. The zero-order chi connectivity index (χ0) is 9.92. The van der Waals surface area contributed by atoms with E-state index in [1.165, 1.54) is 0 Å². The van der Waals surface area contributed by atoms with Crippen LogP contribution in [-0.2, 0) is 14.3 Å². The minimum absolute atomic E-state index is 0.00690. The Hall–Kier alpha value is -0.670. The minimum atomic E-state index is -0.934. The summed E-state index contributed by atoms with van der Waals surface area (Å²) in [6.07, 6.45) is 4.13. The summed E-state index contributed by atoms with van der Waals surface area (Å²) < 4.78 is 10.9. The van der Waals surface area contributed by atoms with Crippen LogP contribution in [0.25, 0.3) is 0 Å². The number of Topliss-reactive ketones (excluding diaryl/α,β-unsaturated/α-hetero) is 1. The molecule has 0 N–H and O–H groups in total. The zero-order valence-corrected chi connectivity index (χ0v) is 8.40. The standard InChI is InChI=1S/C11H14O3/c1-6-7-3-4-9-8(6)5-14-11(9,13-2)10(7)12/h3-4,6-9H,5H2,1-2H3. The molecule has 5 unspecified atom stereocenters. The van der Waals surface area contributed by atoms with Crippen molar-refractivity contribution in [3.05, 3.63) is 12.2 Å². The molecule has 0 aromatic carbocycles. The van der Waals surface area contributed by atoms with Gasteiger partial charge in [-0.1, -0.05) is 19.1 Å². The van der Waals surface area contributed by atoms with Crippen molar-refractivity contribution >= 4 is 5.78 Å². The molecule has 0 spiro atoms. The van der Waals surface area contributed by atoms with Gasteiger partial charge in [0.2, 0.25) is 5.79 Å². The molecule has 3 nitrogen and oxygen atoms in total. The monoisotopic (exact) mass is 194 g/mol. The summed E-state index contributed by atoms with van der Waals surface area (Å²) in [6.45, 7) is 2.80. The third-order valence-electron chi connectivity index (χ3n) is 4.11. The van der Waals surface area contributed by atoms with Crippen LogP contribution in [0.3, 0.4) is 0 Å². The molecule has 0 aromatic rings. The summed E-state index contributed by atoms with van der Waals surface area (Å²) in [7, 11) is 1.57. The predicted molar refractivity (Wildman–Crippen MR) is 49.5 cm³/mol. The first-order chi connectivity index (χ1) is 6.70. The first-order valence-corrected chi connectivity index (χ1v) is 5.12. The largest absolute Gasteiger partial charge is 0.347 e. The van der Waals surface area contributed by atoms with Crippen molar-refractivity contribution in [2.45, 2.75) is 12.7 Å². The fraction of sp³-hybridized carbons (Fsp3) is 0.727. The van der Waals surface area contributed by atoms with Gasteiger partial charge in [0.1, 0.15) is 0 Å². The lowest BCUT2D eigenvalue weighted by atomic mass is 9.61. The summed E-state index contributed by atoms with van der Waals surface area (Å²) in [5, 5.41) is 0. The van der Waals surface area contributed by atoms with Gasteiger partial charge in [-0.15, -0.1) is 0 Å². The molecule has 14 heavy (non-hydrogen) atoms. The van der Waals surface area contributed by atoms with Crippen LogP contribution in [-0.4, -0.2) is 25.3 Å². The summed E-state index contributed by atoms with van der Waals surface area (Å²) in [5.41, 5.74) is 0. The molecule has 1 saturated heterocycles. The predicted octanol–water partition coefficient (Wildman–Crippen LogP) is 0.996. The summed E-state index contributed by atoms with van der Waals surface area (Å²) in [5.74, 6) is 0.198. The van der Waals surface area contributed by atoms with Crippen molar-refractivity contribution < 1.29 is 14.3 Å². The highest BCUT2D eigenvalue weighted by Crippen LogP contribution is 2.54. The van der Waals surface area contributed by atoms with Crippen molar-refractivity contribution in [1.29, 1.82) is 0 Å². The molecule has 4 aliphatic rings. The van der Waals surface area contributed by atoms with Crippen LogP contribution in [0.4, 0.5) is 0 Å². The molecule has 76 valence electrons. The van der Waals surface area contributed by atoms with E-state index in [9.17, 15) is 4.79 Å². The second kappa shape index (κ2) is 2.47. The molecular weight excluding hydrogens is 180 g/mol. The van der Waals surface area contributed by atoms with Crippen LogP contribution >= 0.6 is 0 Å². The number of hydrogen-bond acceptors (Lipinski definition) is 3. The van der Waals surface area contributed by atoms with Gasteiger partial charge < -0.3 is 9.47 Å². The summed E-state index contributed by atoms with van der Waals surface area (Å²) in [6, 6.07) is 0. The summed E-state index contributed by atoms with van der Waals surface area (Å²) in [4.78, 5) is 12.1. The van der Waals surface area contributed by atoms with E-state index in [4.69, 9.17) is 9.47 Å². The fourth-order valence-electron chi connectivity index (χ4n) is 3.22. The van der Waals surface area contributed by atoms with Crippen molar-refractivity contribution in [3.8, 4) is 0 Å². The molecule has 2 fully saturated rings. The highest BCUT2D eigenvalue weighted by Gasteiger charge is 2.64. The normalized spacial score (nSPS) is 54.3. The molecule has 0 aromatic heterocycles. The fourth-order valence-corrected chi connectivity index (χ4v) is 3.22. The number of methoxy groups -OCH3 is 1. The first-order valence-electron chi connectivity index (χ1n) is 5.12. The average molecular weight is 194 g/mol. The van der Waals surface area contributed by atoms with E-state index in [1.807, 2.05) is 6.08 Å². The van der Waals surface area contributed by atoms with E-state index in [0.29, 0.717) is 18.4 Å². The number of hydrogen-bond donors (Lipinski definition) is 0. The molecule has 3 heteroatoms. The van der Waals surface area contributed by atoms with Gasteiger partial charge in [0, 0.05) is 18.9 Å². The molecule has 1 heterocycles. The van der Waals surface area contributed by atoms with Gasteiger partial charge in [0.25, 0.3) is 0 Å². The maximum atomic E-state index is 12.1. The quantitative estimate of drug-likeness (QED) is 0.584. The van der Waals surface area contributed by atoms with Crippen LogP contribution in [0, 0.1) is 23.7 Å². The third kappa shape index (κ3) is 0.708. The van der Waals surface area contributed by atoms with E-state index in [2.05, 4.69) is 13.0 Å². The van der Waals surface area contributed by atoms with Crippen LogP contribution in [0.15, 0.2) is 12.2 Å². The molecule has 5 atom stereocenters. The number of carbonyl (C=O) groups is 1. The van der Waals surface area contributed by atoms with Crippen LogP contribution < -0.4 is 0 Å². The number of ketones is 1. The van der Waals surface area contributed by atoms with Crippen LogP contribution in [0.5, 0.6) is 0 Å². The Bertz CT molecular complexity index is 322. The van der Waals surface area contributed by atoms with Crippen molar-refractivity contribution in [2.24, 2.45) is 23.7 Å². The zero-order valence-electron chi connectivity index (χ0n) is 8.40. The van der Waals surface area contributed by atoms with Crippen molar-refractivity contribution in [2.75, 3.05) is 13.7 Å². The lowest BCUT2D eigenvalue weighted by Crippen LogP contribution is -2.57. The van der Waals surface area contributed by atoms with Crippen LogP contribution in [0.1, 0.15) is 6.92 Å². The van der Waals surface area contributed by atoms with Gasteiger partial charge in [-0.25, -0.2) is 0 Å². The molecule has 0 amide bonds. The second-order valence-electron chi connectivity index (χ2n) is 4.51. The Kier molecular flexibility index (Phi) is 1.52. The van der Waals surface area contributed by atoms with E-state index < -0.39 is 5.79 Å². The summed E-state index contributed by atoms with van der Waals surface area (Å²) >= 11 is 0. The number of rotatable bonds is 1. The SMILES string of the molecule is COC12OCC3C(C)C(C=CC31)C2=O. The highest BCUT2D eigenvalue weighted by atomic mass is 16.7. The minimum Gasteiger partial charge on any atom is -0.347 e. The molecular formula is C11H14O3.